The molecule has 2 nitrogen and oxygen atoms in total. The lowest BCUT2D eigenvalue weighted by atomic mass is 10.1. The van der Waals surface area contributed by atoms with Gasteiger partial charge < -0.3 is 0 Å². The van der Waals surface area contributed by atoms with Crippen molar-refractivity contribution >= 4 is 22.5 Å². The van der Waals surface area contributed by atoms with E-state index in [0.29, 0.717) is 28.7 Å². The molecular formula is C20H14ClFN2. The van der Waals surface area contributed by atoms with Crippen LogP contribution in [0.25, 0.3) is 22.2 Å². The highest BCUT2D eigenvalue weighted by atomic mass is 35.5. The van der Waals surface area contributed by atoms with Crippen molar-refractivity contribution in [2.24, 2.45) is 0 Å². The second-order valence-electron chi connectivity index (χ2n) is 5.50. The Morgan fingerprint density at radius 3 is 2.67 bits per heavy atom. The van der Waals surface area contributed by atoms with Gasteiger partial charge in [-0.25, -0.2) is 4.39 Å². The smallest absolute Gasteiger partial charge is 0.143 e. The molecule has 3 aromatic carbocycles. The predicted octanol–water partition coefficient (Wildman–Crippen LogP) is 5.54. The van der Waals surface area contributed by atoms with Gasteiger partial charge in [-0.1, -0.05) is 72.2 Å². The lowest BCUT2D eigenvalue weighted by molar-refractivity contribution is 0.627. The van der Waals surface area contributed by atoms with E-state index < -0.39 is 5.82 Å². The Balaban J connectivity index is 1.92. The minimum atomic E-state index is -0.498. The van der Waals surface area contributed by atoms with E-state index in [4.69, 9.17) is 14.3 Å². The van der Waals surface area contributed by atoms with E-state index in [-0.39, 0.29) is 17.1 Å². The van der Waals surface area contributed by atoms with Crippen LogP contribution in [0.4, 0.5) is 4.39 Å². The molecule has 4 aromatic rings. The highest BCUT2D eigenvalue weighted by Crippen LogP contribution is 2.31. The quantitative estimate of drug-likeness (QED) is 0.479. The fraction of sp³-hybridized carbons (Fsp3) is 0.0500. The van der Waals surface area contributed by atoms with Crippen LogP contribution in [0.1, 0.15) is 8.30 Å². The molecule has 1 heterocycles. The van der Waals surface area contributed by atoms with Crippen molar-refractivity contribution < 1.29 is 7.13 Å². The molecule has 0 aliphatic heterocycles. The Morgan fingerprint density at radius 1 is 1.04 bits per heavy atom. The standard InChI is InChI=1S/C20H14ClFN2/c21-17-11-16-19(12-18(17)22)24(13-14-7-3-1-4-8-14)23-20(16)15-9-5-2-6-10-15/h1-12H,13H2/i2D,5D. The number of hydrogen-bond donors (Lipinski definition) is 0. The van der Waals surface area contributed by atoms with Crippen LogP contribution in [0.5, 0.6) is 0 Å². The summed E-state index contributed by atoms with van der Waals surface area (Å²) >= 11 is 5.99. The molecule has 0 amide bonds. The van der Waals surface area contributed by atoms with Gasteiger partial charge in [0.1, 0.15) is 11.5 Å². The minimum Gasteiger partial charge on any atom is -0.260 e. The van der Waals surface area contributed by atoms with Crippen LogP contribution in [0.3, 0.4) is 0 Å². The topological polar surface area (TPSA) is 17.8 Å². The Labute approximate surface area is 146 Å². The van der Waals surface area contributed by atoms with E-state index in [0.717, 1.165) is 5.56 Å². The van der Waals surface area contributed by atoms with Crippen LogP contribution < -0.4 is 0 Å². The summed E-state index contributed by atoms with van der Waals surface area (Å²) in [5.74, 6) is -0.498. The summed E-state index contributed by atoms with van der Waals surface area (Å²) < 4.78 is 31.3. The van der Waals surface area contributed by atoms with Crippen LogP contribution in [0.15, 0.2) is 72.7 Å². The zero-order chi connectivity index (χ0) is 18.3. The van der Waals surface area contributed by atoms with Crippen LogP contribution >= 0.6 is 11.6 Å². The van der Waals surface area contributed by atoms with Gasteiger partial charge in [0, 0.05) is 17.0 Å². The molecule has 0 radical (unpaired) electrons. The maximum absolute atomic E-state index is 14.1. The van der Waals surface area contributed by atoms with E-state index in [1.807, 2.05) is 30.3 Å². The Morgan fingerprint density at radius 2 is 1.88 bits per heavy atom. The lowest BCUT2D eigenvalue weighted by Crippen LogP contribution is -2.01. The van der Waals surface area contributed by atoms with Crippen molar-refractivity contribution in [3.8, 4) is 11.3 Å². The van der Waals surface area contributed by atoms with Crippen LogP contribution in [0, 0.1) is 5.82 Å². The van der Waals surface area contributed by atoms with Crippen molar-refractivity contribution in [1.82, 2.24) is 9.78 Å². The van der Waals surface area contributed by atoms with E-state index in [1.54, 1.807) is 28.9 Å². The van der Waals surface area contributed by atoms with Crippen LogP contribution in [-0.4, -0.2) is 9.78 Å². The Bertz CT molecular complexity index is 1110. The molecular weight excluding hydrogens is 323 g/mol. The van der Waals surface area contributed by atoms with Gasteiger partial charge in [-0.3, -0.25) is 4.68 Å². The fourth-order valence-corrected chi connectivity index (χ4v) is 2.92. The fourth-order valence-electron chi connectivity index (χ4n) is 2.75. The molecule has 0 aliphatic carbocycles. The van der Waals surface area contributed by atoms with Crippen LogP contribution in [0.2, 0.25) is 5.02 Å². The predicted molar refractivity (Wildman–Crippen MR) is 95.7 cm³/mol. The average molecular weight is 339 g/mol. The first-order chi connectivity index (χ1) is 12.5. The van der Waals surface area contributed by atoms with Gasteiger partial charge in [0.05, 0.1) is 19.8 Å². The van der Waals surface area contributed by atoms with Crippen LogP contribution in [-0.2, 0) is 6.54 Å². The summed E-state index contributed by atoms with van der Waals surface area (Å²) in [5, 5.41) is 5.40. The van der Waals surface area contributed by atoms with Gasteiger partial charge in [0.15, 0.2) is 0 Å². The first kappa shape index (κ1) is 12.7. The van der Waals surface area contributed by atoms with E-state index in [1.165, 1.54) is 6.07 Å². The van der Waals surface area contributed by atoms with Gasteiger partial charge in [-0.15, -0.1) is 0 Å². The maximum atomic E-state index is 14.1. The largest absolute Gasteiger partial charge is 0.260 e. The number of benzene rings is 3. The lowest BCUT2D eigenvalue weighted by Gasteiger charge is -2.04. The third kappa shape index (κ3) is 2.68. The van der Waals surface area contributed by atoms with Gasteiger partial charge in [0.25, 0.3) is 0 Å². The normalized spacial score (nSPS) is 12.2. The number of fused-ring (bicyclic) bond motifs is 1. The third-order valence-corrected chi connectivity index (χ3v) is 4.19. The first-order valence-electron chi connectivity index (χ1n) is 8.50. The highest BCUT2D eigenvalue weighted by molar-refractivity contribution is 6.31. The summed E-state index contributed by atoms with van der Waals surface area (Å²) in [4.78, 5) is 0. The summed E-state index contributed by atoms with van der Waals surface area (Å²) in [5.41, 5.74) is 2.99. The third-order valence-electron chi connectivity index (χ3n) is 3.90. The molecule has 24 heavy (non-hydrogen) atoms. The molecule has 0 saturated heterocycles. The zero-order valence-electron chi connectivity index (χ0n) is 14.6. The molecule has 0 atom stereocenters. The second kappa shape index (κ2) is 6.10. The van der Waals surface area contributed by atoms with Gasteiger partial charge in [0.2, 0.25) is 0 Å². The Hall–Kier alpha value is -2.65. The van der Waals surface area contributed by atoms with Crippen molar-refractivity contribution in [3.05, 3.63) is 89.2 Å². The van der Waals surface area contributed by atoms with E-state index in [9.17, 15) is 4.39 Å². The molecule has 0 saturated carbocycles. The van der Waals surface area contributed by atoms with E-state index >= 15 is 0 Å². The zero-order valence-corrected chi connectivity index (χ0v) is 13.4. The van der Waals surface area contributed by atoms with Gasteiger partial charge in [-0.05, 0) is 11.6 Å². The first-order valence-corrected chi connectivity index (χ1v) is 7.88. The molecule has 0 aliphatic rings. The number of aromatic nitrogens is 2. The number of rotatable bonds is 3. The number of hydrogen-bond acceptors (Lipinski definition) is 1. The van der Waals surface area contributed by atoms with Crippen molar-refractivity contribution in [3.63, 3.8) is 0 Å². The molecule has 0 fully saturated rings. The summed E-state index contributed by atoms with van der Waals surface area (Å²) in [6, 6.07) is 17.9. The van der Waals surface area contributed by atoms with Crippen molar-refractivity contribution in [1.29, 1.82) is 0 Å². The summed E-state index contributed by atoms with van der Waals surface area (Å²) in [6.07, 6.45) is 0. The molecule has 1 aromatic heterocycles. The maximum Gasteiger partial charge on any atom is 0.143 e. The molecule has 0 N–H and O–H groups in total. The van der Waals surface area contributed by atoms with Gasteiger partial charge >= 0.3 is 0 Å². The number of halogens is 2. The highest BCUT2D eigenvalue weighted by Gasteiger charge is 2.15. The number of nitrogens with zero attached hydrogens (tertiary/aromatic N) is 2. The average Bonchev–Trinajstić information content (AvgIpc) is 2.96. The molecule has 0 bridgehead atoms. The Kier molecular flexibility index (Phi) is 3.24. The minimum absolute atomic E-state index is 0.0289. The monoisotopic (exact) mass is 338 g/mol. The summed E-state index contributed by atoms with van der Waals surface area (Å²) in [7, 11) is 0. The SMILES string of the molecule is [2H]c1ccc(-c2nn(Cc3ccccc3)c3cc(F)c(Cl)cc23)cc1[2H]. The molecule has 4 heteroatoms. The molecule has 4 rings (SSSR count). The molecule has 0 spiro atoms. The molecule has 118 valence electrons. The molecule has 0 unspecified atom stereocenters. The van der Waals surface area contributed by atoms with Crippen molar-refractivity contribution in [2.45, 2.75) is 6.54 Å². The van der Waals surface area contributed by atoms with Crippen molar-refractivity contribution in [2.75, 3.05) is 0 Å². The van der Waals surface area contributed by atoms with Gasteiger partial charge in [-0.2, -0.15) is 5.10 Å². The van der Waals surface area contributed by atoms with E-state index in [2.05, 4.69) is 5.10 Å². The second-order valence-corrected chi connectivity index (χ2v) is 5.90. The summed E-state index contributed by atoms with van der Waals surface area (Å²) in [6.45, 7) is 0.489.